The Balaban J connectivity index is 1.87. The maximum Gasteiger partial charge on any atom is 0.232 e. The van der Waals surface area contributed by atoms with Crippen LogP contribution in [0.1, 0.15) is 31.2 Å². The van der Waals surface area contributed by atoms with Gasteiger partial charge in [-0.15, -0.1) is 0 Å². The van der Waals surface area contributed by atoms with Crippen molar-refractivity contribution in [2.45, 2.75) is 38.6 Å². The highest BCUT2D eigenvalue weighted by Crippen LogP contribution is 2.14. The van der Waals surface area contributed by atoms with Crippen molar-refractivity contribution in [1.29, 1.82) is 0 Å². The van der Waals surface area contributed by atoms with E-state index in [0.717, 1.165) is 18.5 Å². The second-order valence-electron chi connectivity index (χ2n) is 5.23. The van der Waals surface area contributed by atoms with Gasteiger partial charge in [0.05, 0.1) is 5.75 Å². The van der Waals surface area contributed by atoms with Crippen LogP contribution < -0.4 is 10.0 Å². The lowest BCUT2D eigenvalue weighted by atomic mass is 10.0. The van der Waals surface area contributed by atoms with Gasteiger partial charge in [0.1, 0.15) is 0 Å². The molecule has 1 heterocycles. The first-order valence-corrected chi connectivity index (χ1v) is 8.51. The molecule has 1 aliphatic rings. The molecule has 1 aromatic carbocycles. The Bertz CT molecular complexity index is 508. The highest BCUT2D eigenvalue weighted by Gasteiger charge is 2.17. The third kappa shape index (κ3) is 4.84. The number of rotatable bonds is 5. The normalized spacial score (nSPS) is 20.2. The predicted molar refractivity (Wildman–Crippen MR) is 78.8 cm³/mol. The van der Waals surface area contributed by atoms with Gasteiger partial charge in [0.2, 0.25) is 10.0 Å². The van der Waals surface area contributed by atoms with Crippen molar-refractivity contribution in [2.75, 3.05) is 17.0 Å². The summed E-state index contributed by atoms with van der Waals surface area (Å²) in [4.78, 5) is 0. The van der Waals surface area contributed by atoms with Gasteiger partial charge in [0.25, 0.3) is 0 Å². The molecule has 2 N–H and O–H groups in total. The van der Waals surface area contributed by atoms with Gasteiger partial charge < -0.3 is 5.32 Å². The lowest BCUT2D eigenvalue weighted by Gasteiger charge is -2.23. The summed E-state index contributed by atoms with van der Waals surface area (Å²) in [5, 5.41) is 3.37. The number of hydrogen-bond acceptors (Lipinski definition) is 3. The number of anilines is 1. The number of hydrogen-bond donors (Lipinski definition) is 2. The summed E-state index contributed by atoms with van der Waals surface area (Å²) >= 11 is 0. The first kappa shape index (κ1) is 14.3. The number of aryl methyl sites for hydroxylation is 1. The average Bonchev–Trinajstić information content (AvgIpc) is 2.37. The zero-order valence-corrected chi connectivity index (χ0v) is 12.2. The molecule has 0 aliphatic carbocycles. The van der Waals surface area contributed by atoms with E-state index in [-0.39, 0.29) is 5.75 Å². The minimum atomic E-state index is -3.24. The van der Waals surface area contributed by atoms with Crippen LogP contribution in [0.4, 0.5) is 5.69 Å². The molecule has 4 nitrogen and oxygen atoms in total. The fourth-order valence-electron chi connectivity index (χ4n) is 2.41. The molecule has 1 fully saturated rings. The zero-order chi connectivity index (χ0) is 13.7. The molecule has 1 unspecified atom stereocenters. The standard InChI is InChI=1S/C14H22N2O2S/c1-12-5-4-7-14(11-12)16-19(17,18)10-8-13-6-2-3-9-15-13/h4-5,7,11,13,15-16H,2-3,6,8-10H2,1H3. The van der Waals surface area contributed by atoms with Gasteiger partial charge in [0, 0.05) is 11.7 Å². The van der Waals surface area contributed by atoms with Gasteiger partial charge >= 0.3 is 0 Å². The van der Waals surface area contributed by atoms with Crippen LogP contribution in [0.25, 0.3) is 0 Å². The molecule has 1 aliphatic heterocycles. The predicted octanol–water partition coefficient (Wildman–Crippen LogP) is 2.27. The highest BCUT2D eigenvalue weighted by atomic mass is 32.2. The molecular formula is C14H22N2O2S. The van der Waals surface area contributed by atoms with E-state index >= 15 is 0 Å². The molecule has 0 amide bonds. The van der Waals surface area contributed by atoms with Crippen LogP contribution in [0.3, 0.4) is 0 Å². The van der Waals surface area contributed by atoms with Crippen LogP contribution >= 0.6 is 0 Å². The highest BCUT2D eigenvalue weighted by molar-refractivity contribution is 7.92. The number of nitrogens with one attached hydrogen (secondary N) is 2. The van der Waals surface area contributed by atoms with E-state index in [1.54, 1.807) is 6.07 Å². The fraction of sp³-hybridized carbons (Fsp3) is 0.571. The minimum Gasteiger partial charge on any atom is -0.314 e. The van der Waals surface area contributed by atoms with E-state index in [1.165, 1.54) is 12.8 Å². The Morgan fingerprint density at radius 2 is 2.21 bits per heavy atom. The maximum atomic E-state index is 12.0. The Hall–Kier alpha value is -1.07. The first-order chi connectivity index (χ1) is 9.05. The molecular weight excluding hydrogens is 260 g/mol. The minimum absolute atomic E-state index is 0.179. The first-order valence-electron chi connectivity index (χ1n) is 6.86. The molecule has 0 radical (unpaired) electrons. The van der Waals surface area contributed by atoms with Crippen LogP contribution in [0.5, 0.6) is 0 Å². The quantitative estimate of drug-likeness (QED) is 0.871. The molecule has 19 heavy (non-hydrogen) atoms. The summed E-state index contributed by atoms with van der Waals surface area (Å²) in [5.74, 6) is 0.179. The van der Waals surface area contributed by atoms with Crippen molar-refractivity contribution in [3.63, 3.8) is 0 Å². The van der Waals surface area contributed by atoms with Gasteiger partial charge in [-0.2, -0.15) is 0 Å². The molecule has 1 aromatic rings. The van der Waals surface area contributed by atoms with Crippen molar-refractivity contribution < 1.29 is 8.42 Å². The molecule has 0 saturated carbocycles. The van der Waals surface area contributed by atoms with E-state index < -0.39 is 10.0 Å². The van der Waals surface area contributed by atoms with E-state index in [9.17, 15) is 8.42 Å². The Kier molecular flexibility index (Phi) is 4.82. The van der Waals surface area contributed by atoms with E-state index in [0.29, 0.717) is 18.2 Å². The van der Waals surface area contributed by atoms with E-state index in [2.05, 4.69) is 10.0 Å². The second kappa shape index (κ2) is 6.39. The fourth-order valence-corrected chi connectivity index (χ4v) is 3.59. The van der Waals surface area contributed by atoms with Gasteiger partial charge in [-0.25, -0.2) is 8.42 Å². The number of piperidine rings is 1. The lowest BCUT2D eigenvalue weighted by Crippen LogP contribution is -2.36. The second-order valence-corrected chi connectivity index (χ2v) is 7.07. The Labute approximate surface area is 115 Å². The van der Waals surface area contributed by atoms with Crippen LogP contribution in [0, 0.1) is 6.92 Å². The zero-order valence-electron chi connectivity index (χ0n) is 11.4. The molecule has 106 valence electrons. The summed E-state index contributed by atoms with van der Waals surface area (Å²) in [6, 6.07) is 7.78. The van der Waals surface area contributed by atoms with Gasteiger partial charge in [-0.1, -0.05) is 18.6 Å². The van der Waals surface area contributed by atoms with Crippen molar-refractivity contribution in [1.82, 2.24) is 5.32 Å². The summed E-state index contributed by atoms with van der Waals surface area (Å²) in [6.07, 6.45) is 4.16. The maximum absolute atomic E-state index is 12.0. The SMILES string of the molecule is Cc1cccc(NS(=O)(=O)CCC2CCCCN2)c1. The monoisotopic (exact) mass is 282 g/mol. The van der Waals surface area contributed by atoms with E-state index in [1.807, 2.05) is 25.1 Å². The molecule has 1 atom stereocenters. The molecule has 5 heteroatoms. The largest absolute Gasteiger partial charge is 0.314 e. The van der Waals surface area contributed by atoms with E-state index in [4.69, 9.17) is 0 Å². The van der Waals surface area contributed by atoms with Crippen molar-refractivity contribution in [3.05, 3.63) is 29.8 Å². The molecule has 1 saturated heterocycles. The van der Waals surface area contributed by atoms with Gasteiger partial charge in [0.15, 0.2) is 0 Å². The van der Waals surface area contributed by atoms with Gasteiger partial charge in [-0.3, -0.25) is 4.72 Å². The molecule has 2 rings (SSSR count). The van der Waals surface area contributed by atoms with Crippen molar-refractivity contribution in [2.24, 2.45) is 0 Å². The summed E-state index contributed by atoms with van der Waals surface area (Å²) in [7, 11) is -3.24. The number of sulfonamides is 1. The topological polar surface area (TPSA) is 58.2 Å². The summed E-state index contributed by atoms with van der Waals surface area (Å²) < 4.78 is 26.7. The summed E-state index contributed by atoms with van der Waals surface area (Å²) in [5.41, 5.74) is 1.70. The smallest absolute Gasteiger partial charge is 0.232 e. The average molecular weight is 282 g/mol. The third-order valence-electron chi connectivity index (χ3n) is 3.44. The molecule has 0 aromatic heterocycles. The van der Waals surface area contributed by atoms with Crippen molar-refractivity contribution >= 4 is 15.7 Å². The van der Waals surface area contributed by atoms with Crippen LogP contribution in [-0.4, -0.2) is 26.8 Å². The third-order valence-corrected chi connectivity index (χ3v) is 4.76. The van der Waals surface area contributed by atoms with Gasteiger partial charge in [-0.05, 0) is 50.4 Å². The number of benzene rings is 1. The summed E-state index contributed by atoms with van der Waals surface area (Å²) in [6.45, 7) is 2.96. The van der Waals surface area contributed by atoms with Crippen LogP contribution in [0.2, 0.25) is 0 Å². The van der Waals surface area contributed by atoms with Crippen molar-refractivity contribution in [3.8, 4) is 0 Å². The lowest BCUT2D eigenvalue weighted by molar-refractivity contribution is 0.393. The molecule has 0 bridgehead atoms. The molecule has 0 spiro atoms. The Morgan fingerprint density at radius 3 is 2.89 bits per heavy atom. The Morgan fingerprint density at radius 1 is 1.37 bits per heavy atom. The van der Waals surface area contributed by atoms with Crippen LogP contribution in [-0.2, 0) is 10.0 Å². The van der Waals surface area contributed by atoms with Crippen LogP contribution in [0.15, 0.2) is 24.3 Å².